The molecule has 0 spiro atoms. The van der Waals surface area contributed by atoms with Gasteiger partial charge in [-0.25, -0.2) is 18.2 Å². The van der Waals surface area contributed by atoms with Crippen LogP contribution in [0.1, 0.15) is 15.4 Å². The van der Waals surface area contributed by atoms with Crippen molar-refractivity contribution in [1.82, 2.24) is 9.29 Å². The summed E-state index contributed by atoms with van der Waals surface area (Å²) in [5.41, 5.74) is 0.568. The van der Waals surface area contributed by atoms with Gasteiger partial charge in [0.1, 0.15) is 16.4 Å². The van der Waals surface area contributed by atoms with Gasteiger partial charge < -0.3 is 13.9 Å². The number of rotatable bonds is 6. The highest BCUT2D eigenvalue weighted by Crippen LogP contribution is 2.28. The first kappa shape index (κ1) is 19.3. The molecule has 0 atom stereocenters. The number of nitrogens with zero attached hydrogens (tertiary/aromatic N) is 2. The Morgan fingerprint density at radius 2 is 2.07 bits per heavy atom. The third kappa shape index (κ3) is 3.89. The third-order valence-electron chi connectivity index (χ3n) is 4.04. The van der Waals surface area contributed by atoms with E-state index in [1.54, 1.807) is 29.2 Å². The van der Waals surface area contributed by atoms with E-state index in [-0.39, 0.29) is 29.5 Å². The number of furan rings is 1. The molecule has 4 rings (SSSR count). The van der Waals surface area contributed by atoms with Gasteiger partial charge in [0.05, 0.1) is 25.2 Å². The molecule has 148 valence electrons. The Labute approximate surface area is 169 Å². The van der Waals surface area contributed by atoms with E-state index < -0.39 is 16.0 Å². The Hall–Kier alpha value is -2.05. The fourth-order valence-electron chi connectivity index (χ4n) is 2.67. The number of hydrogen-bond acceptors (Lipinski definition) is 9. The monoisotopic (exact) mass is 440 g/mol. The molecule has 1 aliphatic heterocycles. The quantitative estimate of drug-likeness (QED) is 0.544. The van der Waals surface area contributed by atoms with Crippen LogP contribution < -0.4 is 0 Å². The Balaban J connectivity index is 1.45. The Kier molecular flexibility index (Phi) is 5.60. The van der Waals surface area contributed by atoms with E-state index in [1.165, 1.54) is 21.7 Å². The maximum absolute atomic E-state index is 12.8. The van der Waals surface area contributed by atoms with E-state index in [0.717, 1.165) is 11.3 Å². The van der Waals surface area contributed by atoms with Crippen molar-refractivity contribution in [2.75, 3.05) is 26.3 Å². The Morgan fingerprint density at radius 3 is 2.82 bits per heavy atom. The fourth-order valence-corrected chi connectivity index (χ4v) is 6.13. The number of carbonyl (C=O) groups is 1. The van der Waals surface area contributed by atoms with Crippen LogP contribution in [0.2, 0.25) is 0 Å². The topological polar surface area (TPSA) is 98.9 Å². The molecular formula is C17H16N2O6S3. The second kappa shape index (κ2) is 8.13. The zero-order valence-electron chi connectivity index (χ0n) is 14.6. The molecule has 3 aromatic heterocycles. The maximum Gasteiger partial charge on any atom is 0.350 e. The lowest BCUT2D eigenvalue weighted by atomic mass is 10.4. The normalized spacial score (nSPS) is 15.6. The molecule has 0 radical (unpaired) electrons. The van der Waals surface area contributed by atoms with Crippen LogP contribution in [0.25, 0.3) is 10.8 Å². The number of morpholine rings is 1. The molecule has 0 saturated carbocycles. The van der Waals surface area contributed by atoms with E-state index in [4.69, 9.17) is 13.9 Å². The number of ether oxygens (including phenoxy) is 2. The fraction of sp³-hybridized carbons (Fsp3) is 0.294. The number of carbonyl (C=O) groups excluding carboxylic acids is 1. The predicted molar refractivity (Wildman–Crippen MR) is 103 cm³/mol. The number of hydrogen-bond donors (Lipinski definition) is 0. The van der Waals surface area contributed by atoms with E-state index >= 15 is 0 Å². The molecule has 11 heteroatoms. The minimum Gasteiger partial charge on any atom is -0.462 e. The average molecular weight is 441 g/mol. The molecule has 0 amide bonds. The van der Waals surface area contributed by atoms with Gasteiger partial charge >= 0.3 is 5.97 Å². The van der Waals surface area contributed by atoms with E-state index in [9.17, 15) is 13.2 Å². The molecule has 3 aromatic rings. The first-order valence-electron chi connectivity index (χ1n) is 8.36. The SMILES string of the molecule is O=C(OCc1csc(-c2ccco2)n1)c1sccc1S(=O)(=O)N1CCOCC1. The summed E-state index contributed by atoms with van der Waals surface area (Å²) in [5.74, 6) is -0.0471. The molecule has 0 N–H and O–H groups in total. The van der Waals surface area contributed by atoms with Crippen LogP contribution >= 0.6 is 22.7 Å². The number of aromatic nitrogens is 1. The molecule has 28 heavy (non-hydrogen) atoms. The highest BCUT2D eigenvalue weighted by Gasteiger charge is 2.31. The predicted octanol–water partition coefficient (Wildman–Crippen LogP) is 2.84. The summed E-state index contributed by atoms with van der Waals surface area (Å²) in [6, 6.07) is 5.00. The molecule has 0 bridgehead atoms. The Morgan fingerprint density at radius 1 is 1.25 bits per heavy atom. The maximum atomic E-state index is 12.8. The van der Waals surface area contributed by atoms with Gasteiger partial charge in [-0.3, -0.25) is 0 Å². The molecule has 1 fully saturated rings. The van der Waals surface area contributed by atoms with Crippen molar-refractivity contribution in [3.05, 3.63) is 45.8 Å². The molecule has 0 unspecified atom stereocenters. The van der Waals surface area contributed by atoms with Gasteiger partial charge in [0.2, 0.25) is 10.0 Å². The highest BCUT2D eigenvalue weighted by atomic mass is 32.2. The van der Waals surface area contributed by atoms with E-state index in [2.05, 4.69) is 4.98 Å². The minimum absolute atomic E-state index is 0.0287. The van der Waals surface area contributed by atoms with Crippen LogP contribution in [-0.4, -0.2) is 50.0 Å². The number of thiazole rings is 1. The van der Waals surface area contributed by atoms with Gasteiger partial charge in [-0.05, 0) is 23.6 Å². The van der Waals surface area contributed by atoms with Gasteiger partial charge in [0, 0.05) is 18.5 Å². The van der Waals surface area contributed by atoms with E-state index in [1.807, 2.05) is 0 Å². The van der Waals surface area contributed by atoms with Crippen molar-refractivity contribution < 1.29 is 27.1 Å². The van der Waals surface area contributed by atoms with Crippen molar-refractivity contribution >= 4 is 38.7 Å². The zero-order chi connectivity index (χ0) is 19.6. The Bertz CT molecular complexity index is 1050. The highest BCUT2D eigenvalue weighted by molar-refractivity contribution is 7.89. The molecule has 0 aromatic carbocycles. The number of thiophene rings is 1. The van der Waals surface area contributed by atoms with Crippen LogP contribution in [-0.2, 0) is 26.1 Å². The third-order valence-corrected chi connectivity index (χ3v) is 7.91. The van der Waals surface area contributed by atoms with Crippen molar-refractivity contribution in [1.29, 1.82) is 0 Å². The van der Waals surface area contributed by atoms with Gasteiger partial charge in [-0.15, -0.1) is 22.7 Å². The first-order chi connectivity index (χ1) is 13.6. The summed E-state index contributed by atoms with van der Waals surface area (Å²) in [6.07, 6.45) is 1.56. The lowest BCUT2D eigenvalue weighted by molar-refractivity contribution is 0.0469. The van der Waals surface area contributed by atoms with Crippen molar-refractivity contribution in [3.8, 4) is 10.8 Å². The summed E-state index contributed by atoms with van der Waals surface area (Å²) in [7, 11) is -3.77. The van der Waals surface area contributed by atoms with Crippen LogP contribution in [0.4, 0.5) is 0 Å². The van der Waals surface area contributed by atoms with Gasteiger partial charge in [-0.1, -0.05) is 0 Å². The van der Waals surface area contributed by atoms with Gasteiger partial charge in [0.25, 0.3) is 0 Å². The molecular weight excluding hydrogens is 424 g/mol. The van der Waals surface area contributed by atoms with Crippen molar-refractivity contribution in [3.63, 3.8) is 0 Å². The molecule has 8 nitrogen and oxygen atoms in total. The summed E-state index contributed by atoms with van der Waals surface area (Å²) in [4.78, 5) is 16.9. The molecule has 4 heterocycles. The van der Waals surface area contributed by atoms with Crippen molar-refractivity contribution in [2.45, 2.75) is 11.5 Å². The summed E-state index contributed by atoms with van der Waals surface area (Å²) >= 11 is 2.42. The van der Waals surface area contributed by atoms with Gasteiger partial charge in [0.15, 0.2) is 10.8 Å². The van der Waals surface area contributed by atoms with Crippen LogP contribution in [0.5, 0.6) is 0 Å². The van der Waals surface area contributed by atoms with Crippen molar-refractivity contribution in [2.24, 2.45) is 0 Å². The summed E-state index contributed by atoms with van der Waals surface area (Å²) in [6.45, 7) is 1.16. The smallest absolute Gasteiger partial charge is 0.350 e. The first-order valence-corrected chi connectivity index (χ1v) is 11.6. The number of esters is 1. The summed E-state index contributed by atoms with van der Waals surface area (Å²) in [5, 5.41) is 4.02. The molecule has 0 aliphatic carbocycles. The van der Waals surface area contributed by atoms with Crippen LogP contribution in [0, 0.1) is 0 Å². The summed E-state index contributed by atoms with van der Waals surface area (Å²) < 4.78 is 42.8. The molecule has 1 aliphatic rings. The standard InChI is InChI=1S/C17H16N2O6S3/c20-17(25-10-12-11-27-16(18-12)13-2-1-6-24-13)15-14(3-9-26-15)28(21,22)19-4-7-23-8-5-19/h1-3,6,9,11H,4-5,7-8,10H2. The lowest BCUT2D eigenvalue weighted by Crippen LogP contribution is -2.40. The van der Waals surface area contributed by atoms with E-state index in [0.29, 0.717) is 29.7 Å². The zero-order valence-corrected chi connectivity index (χ0v) is 17.0. The largest absolute Gasteiger partial charge is 0.462 e. The lowest BCUT2D eigenvalue weighted by Gasteiger charge is -2.25. The van der Waals surface area contributed by atoms with Crippen LogP contribution in [0.3, 0.4) is 0 Å². The second-order valence-corrected chi connectivity index (χ2v) is 9.51. The average Bonchev–Trinajstić information content (AvgIpc) is 3.48. The minimum atomic E-state index is -3.77. The van der Waals surface area contributed by atoms with Gasteiger partial charge in [-0.2, -0.15) is 4.31 Å². The van der Waals surface area contributed by atoms with Crippen LogP contribution in [0.15, 0.2) is 44.5 Å². The number of sulfonamides is 1. The second-order valence-electron chi connectivity index (χ2n) is 5.83. The molecule has 1 saturated heterocycles.